The zero-order valence-electron chi connectivity index (χ0n) is 10.3. The molecule has 1 unspecified atom stereocenters. The fraction of sp³-hybridized carbons (Fsp3) is 0.545. The van der Waals surface area contributed by atoms with Crippen molar-refractivity contribution in [2.75, 3.05) is 18.4 Å². The maximum absolute atomic E-state index is 12.0. The number of hydrogen-bond acceptors (Lipinski definition) is 3. The predicted molar refractivity (Wildman–Crippen MR) is 65.7 cm³/mol. The van der Waals surface area contributed by atoms with Crippen molar-refractivity contribution < 1.29 is 9.59 Å². The number of nitrogens with two attached hydrogens (primary N) is 1. The van der Waals surface area contributed by atoms with Gasteiger partial charge in [-0.3, -0.25) is 9.48 Å². The van der Waals surface area contributed by atoms with Gasteiger partial charge in [-0.2, -0.15) is 5.10 Å². The van der Waals surface area contributed by atoms with Gasteiger partial charge < -0.3 is 16.0 Å². The molecular formula is C11H17N5O2. The number of piperidine rings is 1. The minimum absolute atomic E-state index is 0.0889. The highest BCUT2D eigenvalue weighted by Crippen LogP contribution is 2.18. The van der Waals surface area contributed by atoms with Crippen molar-refractivity contribution in [2.45, 2.75) is 12.8 Å². The standard InChI is InChI=1S/C11H17N5O2/c1-15-7-9(5-13-15)14-10(17)8-3-2-4-16(6-8)11(12)18/h5,7-8H,2-4,6H2,1H3,(H2,12,18)(H,14,17). The summed E-state index contributed by atoms with van der Waals surface area (Å²) in [7, 11) is 1.78. The third-order valence-corrected chi connectivity index (χ3v) is 3.08. The Morgan fingerprint density at radius 2 is 2.33 bits per heavy atom. The van der Waals surface area contributed by atoms with Gasteiger partial charge in [-0.15, -0.1) is 0 Å². The number of aromatic nitrogens is 2. The van der Waals surface area contributed by atoms with E-state index in [-0.39, 0.29) is 11.8 Å². The number of rotatable bonds is 2. The molecule has 1 aromatic rings. The van der Waals surface area contributed by atoms with Gasteiger partial charge in [-0.25, -0.2) is 4.79 Å². The number of nitrogens with one attached hydrogen (secondary N) is 1. The topological polar surface area (TPSA) is 93.3 Å². The van der Waals surface area contributed by atoms with Crippen molar-refractivity contribution in [1.29, 1.82) is 0 Å². The molecule has 18 heavy (non-hydrogen) atoms. The lowest BCUT2D eigenvalue weighted by molar-refractivity contribution is -0.121. The lowest BCUT2D eigenvalue weighted by atomic mass is 9.97. The molecule has 1 atom stereocenters. The number of anilines is 1. The van der Waals surface area contributed by atoms with Crippen LogP contribution in [0, 0.1) is 5.92 Å². The summed E-state index contributed by atoms with van der Waals surface area (Å²) >= 11 is 0. The van der Waals surface area contributed by atoms with E-state index in [0.717, 1.165) is 12.8 Å². The van der Waals surface area contributed by atoms with E-state index in [4.69, 9.17) is 5.73 Å². The van der Waals surface area contributed by atoms with Gasteiger partial charge in [-0.05, 0) is 12.8 Å². The number of likely N-dealkylation sites (tertiary alicyclic amines) is 1. The Hall–Kier alpha value is -2.05. The molecule has 1 aromatic heterocycles. The lowest BCUT2D eigenvalue weighted by Crippen LogP contribution is -2.46. The van der Waals surface area contributed by atoms with Crippen LogP contribution in [0.5, 0.6) is 0 Å². The van der Waals surface area contributed by atoms with Gasteiger partial charge in [0.25, 0.3) is 0 Å². The SMILES string of the molecule is Cn1cc(NC(=O)C2CCCN(C(N)=O)C2)cn1. The second kappa shape index (κ2) is 5.07. The van der Waals surface area contributed by atoms with Crippen LogP contribution in [-0.4, -0.2) is 39.7 Å². The molecule has 0 saturated carbocycles. The summed E-state index contributed by atoms with van der Waals surface area (Å²) < 4.78 is 1.62. The van der Waals surface area contributed by atoms with Crippen LogP contribution in [0.25, 0.3) is 0 Å². The van der Waals surface area contributed by atoms with Crippen molar-refractivity contribution >= 4 is 17.6 Å². The zero-order valence-corrected chi connectivity index (χ0v) is 10.3. The molecule has 0 aliphatic carbocycles. The Labute approximate surface area is 105 Å². The van der Waals surface area contributed by atoms with Crippen LogP contribution in [0.3, 0.4) is 0 Å². The Morgan fingerprint density at radius 3 is 2.94 bits per heavy atom. The van der Waals surface area contributed by atoms with Crippen molar-refractivity contribution in [2.24, 2.45) is 18.7 Å². The van der Waals surface area contributed by atoms with Crippen LogP contribution in [0.4, 0.5) is 10.5 Å². The van der Waals surface area contributed by atoms with Gasteiger partial charge in [0, 0.05) is 26.3 Å². The molecule has 7 heteroatoms. The summed E-state index contributed by atoms with van der Waals surface area (Å²) in [6, 6.07) is -0.464. The molecule has 1 aliphatic heterocycles. The highest BCUT2D eigenvalue weighted by molar-refractivity contribution is 5.92. The number of amides is 3. The summed E-state index contributed by atoms with van der Waals surface area (Å²) in [4.78, 5) is 24.6. The fourth-order valence-corrected chi connectivity index (χ4v) is 2.12. The van der Waals surface area contributed by atoms with Crippen LogP contribution in [-0.2, 0) is 11.8 Å². The van der Waals surface area contributed by atoms with Gasteiger partial charge in [0.15, 0.2) is 0 Å². The van der Waals surface area contributed by atoms with E-state index in [1.165, 1.54) is 4.90 Å². The highest BCUT2D eigenvalue weighted by atomic mass is 16.2. The quantitative estimate of drug-likeness (QED) is 0.783. The van der Waals surface area contributed by atoms with Crippen LogP contribution in [0.2, 0.25) is 0 Å². The number of hydrogen-bond donors (Lipinski definition) is 2. The fourth-order valence-electron chi connectivity index (χ4n) is 2.12. The summed E-state index contributed by atoms with van der Waals surface area (Å²) in [5.41, 5.74) is 5.89. The first-order chi connectivity index (χ1) is 8.56. The second-order valence-corrected chi connectivity index (χ2v) is 4.52. The third-order valence-electron chi connectivity index (χ3n) is 3.08. The van der Waals surface area contributed by atoms with Gasteiger partial charge in [0.2, 0.25) is 5.91 Å². The second-order valence-electron chi connectivity index (χ2n) is 4.52. The molecule has 0 bridgehead atoms. The molecule has 0 spiro atoms. The van der Waals surface area contributed by atoms with E-state index in [2.05, 4.69) is 10.4 Å². The number of primary amides is 1. The third kappa shape index (κ3) is 2.79. The average molecular weight is 251 g/mol. The van der Waals surface area contributed by atoms with Gasteiger partial charge in [-0.1, -0.05) is 0 Å². The smallest absolute Gasteiger partial charge is 0.314 e. The Balaban J connectivity index is 1.94. The monoisotopic (exact) mass is 251 g/mol. The summed E-state index contributed by atoms with van der Waals surface area (Å²) in [6.45, 7) is 1.02. The number of carbonyl (C=O) groups is 2. The Kier molecular flexibility index (Phi) is 3.50. The molecule has 0 radical (unpaired) electrons. The van der Waals surface area contributed by atoms with Crippen LogP contribution < -0.4 is 11.1 Å². The number of carbonyl (C=O) groups excluding carboxylic acids is 2. The summed E-state index contributed by atoms with van der Waals surface area (Å²) in [6.07, 6.45) is 4.89. The molecule has 98 valence electrons. The van der Waals surface area contributed by atoms with E-state index in [9.17, 15) is 9.59 Å². The van der Waals surface area contributed by atoms with Crippen molar-refractivity contribution in [3.63, 3.8) is 0 Å². The summed E-state index contributed by atoms with van der Waals surface area (Å²) in [5.74, 6) is -0.291. The van der Waals surface area contributed by atoms with E-state index >= 15 is 0 Å². The lowest BCUT2D eigenvalue weighted by Gasteiger charge is -2.30. The maximum atomic E-state index is 12.0. The summed E-state index contributed by atoms with van der Waals surface area (Å²) in [5, 5.41) is 6.77. The van der Waals surface area contributed by atoms with E-state index in [0.29, 0.717) is 18.8 Å². The van der Waals surface area contributed by atoms with Gasteiger partial charge in [0.1, 0.15) is 0 Å². The number of aryl methyl sites for hydroxylation is 1. The van der Waals surface area contributed by atoms with Crippen molar-refractivity contribution in [3.8, 4) is 0 Å². The molecule has 3 N–H and O–H groups in total. The van der Waals surface area contributed by atoms with Crippen LogP contribution in [0.1, 0.15) is 12.8 Å². The zero-order chi connectivity index (χ0) is 13.1. The molecule has 1 fully saturated rings. The Morgan fingerprint density at radius 1 is 1.56 bits per heavy atom. The minimum Gasteiger partial charge on any atom is -0.351 e. The Bertz CT molecular complexity index is 456. The normalized spacial score (nSPS) is 19.6. The molecule has 1 saturated heterocycles. The van der Waals surface area contributed by atoms with Crippen LogP contribution in [0.15, 0.2) is 12.4 Å². The van der Waals surface area contributed by atoms with E-state index < -0.39 is 6.03 Å². The molecule has 2 rings (SSSR count). The molecular weight excluding hydrogens is 234 g/mol. The molecule has 1 aliphatic rings. The first kappa shape index (κ1) is 12.4. The largest absolute Gasteiger partial charge is 0.351 e. The van der Waals surface area contributed by atoms with Gasteiger partial charge in [0.05, 0.1) is 17.8 Å². The van der Waals surface area contributed by atoms with Gasteiger partial charge >= 0.3 is 6.03 Å². The molecule has 7 nitrogen and oxygen atoms in total. The first-order valence-electron chi connectivity index (χ1n) is 5.90. The minimum atomic E-state index is -0.464. The number of urea groups is 1. The predicted octanol–water partition coefficient (Wildman–Crippen LogP) is 0.149. The van der Waals surface area contributed by atoms with Crippen LogP contribution >= 0.6 is 0 Å². The molecule has 2 heterocycles. The first-order valence-corrected chi connectivity index (χ1v) is 5.90. The highest BCUT2D eigenvalue weighted by Gasteiger charge is 2.27. The van der Waals surface area contributed by atoms with E-state index in [1.54, 1.807) is 24.1 Å². The number of nitrogens with zero attached hydrogens (tertiary/aromatic N) is 3. The van der Waals surface area contributed by atoms with E-state index in [1.807, 2.05) is 0 Å². The maximum Gasteiger partial charge on any atom is 0.314 e. The molecule has 3 amide bonds. The molecule has 0 aromatic carbocycles. The average Bonchev–Trinajstić information content (AvgIpc) is 2.75. The van der Waals surface area contributed by atoms with Crippen molar-refractivity contribution in [1.82, 2.24) is 14.7 Å². The van der Waals surface area contributed by atoms with Crippen molar-refractivity contribution in [3.05, 3.63) is 12.4 Å².